The highest BCUT2D eigenvalue weighted by Crippen LogP contribution is 2.58. The van der Waals surface area contributed by atoms with E-state index in [1.807, 2.05) is 24.3 Å². The van der Waals surface area contributed by atoms with Crippen molar-refractivity contribution in [2.45, 2.75) is 5.41 Å². The maximum Gasteiger partial charge on any atom is 0.0713 e. The molecule has 0 fully saturated rings. The van der Waals surface area contributed by atoms with E-state index in [0.717, 1.165) is 39.3 Å². The van der Waals surface area contributed by atoms with Crippen LogP contribution in [0.5, 0.6) is 0 Å². The van der Waals surface area contributed by atoms with Crippen LogP contribution in [0.25, 0.3) is 55.3 Å². The van der Waals surface area contributed by atoms with Gasteiger partial charge in [0.05, 0.1) is 12.3 Å². The third kappa shape index (κ3) is 5.94. The van der Waals surface area contributed by atoms with Crippen molar-refractivity contribution in [3.63, 3.8) is 0 Å². The van der Waals surface area contributed by atoms with Gasteiger partial charge >= 0.3 is 0 Å². The summed E-state index contributed by atoms with van der Waals surface area (Å²) in [6, 6.07) is 75.5. The van der Waals surface area contributed by atoms with Crippen LogP contribution in [0.15, 0.2) is 249 Å². The van der Waals surface area contributed by atoms with E-state index in [1.54, 1.807) is 0 Å². The first-order valence-electron chi connectivity index (χ1n) is 22.8. The lowest BCUT2D eigenvalue weighted by atomic mass is 9.67. The molecule has 10 aromatic rings. The Morgan fingerprint density at radius 2 is 0.883 bits per heavy atom. The fourth-order valence-corrected chi connectivity index (χ4v) is 9.34. The van der Waals surface area contributed by atoms with Crippen LogP contribution in [-0.2, 0) is 5.41 Å². The lowest BCUT2D eigenvalue weighted by Gasteiger charge is -2.34. The Morgan fingerprint density at radius 1 is 0.333 bits per heavy atom. The number of nitrogens with zero attached hydrogens (tertiary/aromatic N) is 1. The van der Waals surface area contributed by atoms with Crippen LogP contribution < -0.4 is 4.90 Å². The maximum atomic E-state index is 8.64. The van der Waals surface area contributed by atoms with Crippen molar-refractivity contribution >= 4 is 27.8 Å². The topological polar surface area (TPSA) is 3.24 Å². The highest BCUT2D eigenvalue weighted by molar-refractivity contribution is 5.96. The molecule has 11 rings (SSSR count). The quantitative estimate of drug-likeness (QED) is 0.149. The molecule has 1 heteroatoms. The summed E-state index contributed by atoms with van der Waals surface area (Å²) in [5.41, 5.74) is 14.8. The van der Waals surface area contributed by atoms with Gasteiger partial charge in [-0.05, 0) is 120 Å². The van der Waals surface area contributed by atoms with Gasteiger partial charge in [0, 0.05) is 17.1 Å². The van der Waals surface area contributed by atoms with Crippen molar-refractivity contribution in [3.8, 4) is 44.5 Å². The van der Waals surface area contributed by atoms with Gasteiger partial charge in [0.1, 0.15) is 0 Å². The van der Waals surface area contributed by atoms with E-state index in [4.69, 9.17) is 6.85 Å². The third-order valence-electron chi connectivity index (χ3n) is 12.0. The van der Waals surface area contributed by atoms with Crippen molar-refractivity contribution in [1.29, 1.82) is 0 Å². The summed E-state index contributed by atoms with van der Waals surface area (Å²) in [6.07, 6.45) is 0. The number of rotatable bonds is 8. The zero-order valence-electron chi connectivity index (χ0n) is 37.7. The summed E-state index contributed by atoms with van der Waals surface area (Å²) < 4.78 is 42.0. The van der Waals surface area contributed by atoms with Crippen LogP contribution >= 0.6 is 0 Å². The molecule has 0 radical (unpaired) electrons. The van der Waals surface area contributed by atoms with E-state index in [1.165, 1.54) is 44.2 Å². The highest BCUT2D eigenvalue weighted by atomic mass is 15.1. The van der Waals surface area contributed by atoms with Crippen molar-refractivity contribution < 1.29 is 6.85 Å². The minimum absolute atomic E-state index is 0.178. The van der Waals surface area contributed by atoms with Crippen LogP contribution in [0.4, 0.5) is 17.1 Å². The van der Waals surface area contributed by atoms with E-state index >= 15 is 0 Å². The van der Waals surface area contributed by atoms with E-state index in [2.05, 4.69) is 199 Å². The Morgan fingerprint density at radius 3 is 1.60 bits per heavy atom. The third-order valence-corrected chi connectivity index (χ3v) is 12.0. The molecule has 282 valence electrons. The van der Waals surface area contributed by atoms with Crippen LogP contribution in [0.3, 0.4) is 0 Å². The molecular weight excluding hydrogens is 723 g/mol. The summed E-state index contributed by atoms with van der Waals surface area (Å²) in [7, 11) is 0. The van der Waals surface area contributed by atoms with Crippen molar-refractivity contribution in [2.75, 3.05) is 4.90 Å². The fourth-order valence-electron chi connectivity index (χ4n) is 9.34. The molecule has 1 aliphatic rings. The summed E-state index contributed by atoms with van der Waals surface area (Å²) in [5, 5.41) is 2.36. The molecule has 1 aliphatic carbocycles. The molecule has 0 unspecified atom stereocenters. The van der Waals surface area contributed by atoms with Gasteiger partial charge in [-0.1, -0.05) is 206 Å². The predicted molar refractivity (Wildman–Crippen MR) is 252 cm³/mol. The molecule has 0 heterocycles. The molecule has 1 nitrogen and oxygen atoms in total. The lowest BCUT2D eigenvalue weighted by molar-refractivity contribution is 0.768. The Hall–Kier alpha value is -7.74. The summed E-state index contributed by atoms with van der Waals surface area (Å²) in [6.45, 7) is 0. The van der Waals surface area contributed by atoms with Gasteiger partial charge in [-0.15, -0.1) is 0 Å². The first-order valence-corrected chi connectivity index (χ1v) is 20.3. The number of hydrogen-bond acceptors (Lipinski definition) is 1. The van der Waals surface area contributed by atoms with Gasteiger partial charge in [0.15, 0.2) is 0 Å². The minimum Gasteiger partial charge on any atom is -0.310 e. The highest BCUT2D eigenvalue weighted by Gasteiger charge is 2.46. The molecule has 0 spiro atoms. The second kappa shape index (κ2) is 14.9. The molecule has 60 heavy (non-hydrogen) atoms. The summed E-state index contributed by atoms with van der Waals surface area (Å²) in [4.78, 5) is 2.21. The van der Waals surface area contributed by atoms with E-state index in [0.29, 0.717) is 5.56 Å². The van der Waals surface area contributed by atoms with E-state index < -0.39 is 11.5 Å². The van der Waals surface area contributed by atoms with Gasteiger partial charge in [-0.2, -0.15) is 0 Å². The lowest BCUT2D eigenvalue weighted by Crippen LogP contribution is -2.28. The molecule has 0 atom stereocenters. The first kappa shape index (κ1) is 30.4. The molecule has 0 bridgehead atoms. The molecule has 0 aliphatic heterocycles. The minimum atomic E-state index is -0.501. The Kier molecular flexibility index (Phi) is 7.53. The molecular formula is C59H41N. The Bertz CT molecular complexity index is 3350. The molecule has 0 saturated heterocycles. The Labute approximate surface area is 359 Å². The van der Waals surface area contributed by atoms with Crippen LogP contribution in [0.2, 0.25) is 0 Å². The van der Waals surface area contributed by atoms with Crippen LogP contribution in [0, 0.1) is 0 Å². The molecule has 0 N–H and O–H groups in total. The summed E-state index contributed by atoms with van der Waals surface area (Å²) in [5.74, 6) is 0. The average Bonchev–Trinajstić information content (AvgIpc) is 3.68. The molecule has 0 saturated carbocycles. The summed E-state index contributed by atoms with van der Waals surface area (Å²) >= 11 is 0. The zero-order valence-corrected chi connectivity index (χ0v) is 32.7. The predicted octanol–water partition coefficient (Wildman–Crippen LogP) is 15.7. The number of hydrogen-bond donors (Lipinski definition) is 0. The van der Waals surface area contributed by atoms with Crippen molar-refractivity contribution in [3.05, 3.63) is 271 Å². The van der Waals surface area contributed by atoms with Crippen LogP contribution in [0.1, 0.15) is 29.1 Å². The second-order valence-corrected chi connectivity index (χ2v) is 15.3. The number of fused-ring (bicyclic) bond motifs is 4. The van der Waals surface area contributed by atoms with Gasteiger partial charge < -0.3 is 4.90 Å². The van der Waals surface area contributed by atoms with Crippen molar-refractivity contribution in [1.82, 2.24) is 0 Å². The van der Waals surface area contributed by atoms with Crippen LogP contribution in [-0.4, -0.2) is 0 Å². The molecule has 10 aromatic carbocycles. The Balaban J connectivity index is 1.05. The standard InChI is InChI=1S/C59H41N/c1-4-16-42(17-5-1)44-32-36-51(37-33-44)60(53-25-14-20-47(41-53)48-31-30-43-18-10-11-19-46(43)40-48)52-38-34-45(35-39-52)54-27-15-29-57-58(54)55-26-12-13-28-56(55)59(57,49-21-6-2-7-22-49)50-23-8-3-9-24-50/h1-41H/i1D,4D,5D,16D,17D. The van der Waals surface area contributed by atoms with E-state index in [9.17, 15) is 0 Å². The molecule has 0 aromatic heterocycles. The maximum absolute atomic E-state index is 8.64. The van der Waals surface area contributed by atoms with Gasteiger partial charge in [0.2, 0.25) is 0 Å². The van der Waals surface area contributed by atoms with E-state index in [-0.39, 0.29) is 29.7 Å². The van der Waals surface area contributed by atoms with Gasteiger partial charge in [0.25, 0.3) is 0 Å². The largest absolute Gasteiger partial charge is 0.310 e. The smallest absolute Gasteiger partial charge is 0.0713 e. The monoisotopic (exact) mass is 768 g/mol. The van der Waals surface area contributed by atoms with Gasteiger partial charge in [-0.3, -0.25) is 0 Å². The zero-order chi connectivity index (χ0) is 44.2. The fraction of sp³-hybridized carbons (Fsp3) is 0.0169. The second-order valence-electron chi connectivity index (χ2n) is 15.3. The number of benzene rings is 10. The molecule has 0 amide bonds. The normalized spacial score (nSPS) is 13.6. The average molecular weight is 769 g/mol. The van der Waals surface area contributed by atoms with Gasteiger partial charge in [-0.25, -0.2) is 0 Å². The van der Waals surface area contributed by atoms with Crippen molar-refractivity contribution in [2.24, 2.45) is 0 Å². The number of anilines is 3. The first-order chi connectivity index (χ1) is 31.8. The SMILES string of the molecule is [2H]c1c([2H])c([2H])c(-c2ccc(N(c3ccc(-c4cccc5c4-c4ccccc4C5(c4ccccc4)c4ccccc4)cc3)c3cccc(-c4ccc5ccccc5c4)c3)cc2)c([2H])c1[2H].